The molecule has 0 spiro atoms. The van der Waals surface area contributed by atoms with Gasteiger partial charge < -0.3 is 31.8 Å². The van der Waals surface area contributed by atoms with Gasteiger partial charge in [0.2, 0.25) is 0 Å². The standard InChI is InChI=1S/C17H26N6O4/c18-11(15(24)25)5-1-2-9-23-10-4-7-13-14(23)22-17(21-13)20-8-3-6-12(19)16(26)27/h4,7,10-12H,1-3,5-6,8-9,18-19H2,(H3,20,21,24,25,26,27)/t11-,12-/m0/s1. The lowest BCUT2D eigenvalue weighted by Crippen LogP contribution is -2.42. The Morgan fingerprint density at radius 2 is 2.00 bits per heavy atom. The molecule has 0 saturated carbocycles. The number of pyridine rings is 1. The van der Waals surface area contributed by atoms with Crippen LogP contribution in [0.4, 0.5) is 5.95 Å². The van der Waals surface area contributed by atoms with Crippen molar-refractivity contribution in [3.8, 4) is 0 Å². The minimum absolute atomic E-state index is 0.380. The first kappa shape index (κ1) is 20.6. The molecule has 27 heavy (non-hydrogen) atoms. The van der Waals surface area contributed by atoms with Gasteiger partial charge in [0.15, 0.2) is 0 Å². The Balaban J connectivity index is 1.86. The first-order valence-corrected chi connectivity index (χ1v) is 8.95. The minimum atomic E-state index is -1.22. The van der Waals surface area contributed by atoms with Crippen molar-refractivity contribution < 1.29 is 24.4 Å². The highest BCUT2D eigenvalue weighted by Gasteiger charge is 2.16. The first-order chi connectivity index (χ1) is 12.9. The Morgan fingerprint density at radius 3 is 2.70 bits per heavy atom. The summed E-state index contributed by atoms with van der Waals surface area (Å²) in [6.07, 6.45) is 4.74. The third-order valence-electron chi connectivity index (χ3n) is 4.28. The van der Waals surface area contributed by atoms with Crippen molar-refractivity contribution in [3.05, 3.63) is 18.3 Å². The number of aromatic amines is 1. The lowest BCUT2D eigenvalue weighted by molar-refractivity contribution is -0.673. The molecular weight excluding hydrogens is 352 g/mol. The van der Waals surface area contributed by atoms with E-state index >= 15 is 0 Å². The van der Waals surface area contributed by atoms with Gasteiger partial charge in [-0.25, -0.2) is 4.57 Å². The van der Waals surface area contributed by atoms with Gasteiger partial charge in [0, 0.05) is 12.6 Å². The highest BCUT2D eigenvalue weighted by Crippen LogP contribution is 2.11. The van der Waals surface area contributed by atoms with Crippen LogP contribution in [0.3, 0.4) is 0 Å². The van der Waals surface area contributed by atoms with Crippen LogP contribution in [-0.4, -0.2) is 45.6 Å². The quantitative estimate of drug-likeness (QED) is 0.224. The van der Waals surface area contributed by atoms with Crippen LogP contribution < -0.4 is 26.5 Å². The molecule has 0 radical (unpaired) electrons. The molecule has 10 nitrogen and oxygen atoms in total. The van der Waals surface area contributed by atoms with E-state index in [0.717, 1.165) is 17.6 Å². The summed E-state index contributed by atoms with van der Waals surface area (Å²) in [5.41, 5.74) is 12.6. The summed E-state index contributed by atoms with van der Waals surface area (Å²) in [5.74, 6) is -1.62. The second-order valence-corrected chi connectivity index (χ2v) is 6.46. The van der Waals surface area contributed by atoms with Gasteiger partial charge in [-0.2, -0.15) is 0 Å². The molecule has 7 N–H and O–H groups in total. The molecule has 148 valence electrons. The van der Waals surface area contributed by atoms with Gasteiger partial charge in [-0.3, -0.25) is 9.78 Å². The topological polar surface area (TPSA) is 174 Å². The fraction of sp³-hybridized carbons (Fsp3) is 0.529. The maximum absolute atomic E-state index is 10.7. The molecule has 0 amide bonds. The second-order valence-electron chi connectivity index (χ2n) is 6.46. The molecule has 0 aliphatic rings. The molecule has 2 rings (SSSR count). The number of aromatic nitrogens is 3. The van der Waals surface area contributed by atoms with E-state index in [1.165, 1.54) is 0 Å². The number of unbranched alkanes of at least 4 members (excludes halogenated alkanes) is 1. The number of aryl methyl sites for hydroxylation is 1. The summed E-state index contributed by atoms with van der Waals surface area (Å²) in [7, 11) is 0. The molecule has 0 aromatic carbocycles. The lowest BCUT2D eigenvalue weighted by atomic mass is 10.1. The number of rotatable bonds is 12. The third-order valence-corrected chi connectivity index (χ3v) is 4.28. The number of carboxylic acid groups (broad SMARTS) is 2. The summed E-state index contributed by atoms with van der Waals surface area (Å²) in [5, 5.41) is 22.5. The molecule has 10 heteroatoms. The van der Waals surface area contributed by atoms with E-state index in [1.807, 2.05) is 22.9 Å². The van der Waals surface area contributed by atoms with E-state index in [-0.39, 0.29) is 0 Å². The SMILES string of the molecule is N[C@@H](CCCC[n+]1cccc2[nH]c(NCCC[C@H](N)C(=O)O)nc21)C(=O)[O-]. The Morgan fingerprint density at radius 1 is 1.26 bits per heavy atom. The zero-order valence-electron chi connectivity index (χ0n) is 15.1. The number of carbonyl (C=O) groups excluding carboxylic acids is 1. The van der Waals surface area contributed by atoms with E-state index in [9.17, 15) is 14.7 Å². The number of anilines is 1. The fourth-order valence-electron chi connectivity index (χ4n) is 2.71. The number of H-pyrrole nitrogens is 1. The van der Waals surface area contributed by atoms with Crippen molar-refractivity contribution >= 4 is 29.1 Å². The lowest BCUT2D eigenvalue weighted by Gasteiger charge is -2.11. The molecule has 2 aromatic heterocycles. The molecule has 2 atom stereocenters. The van der Waals surface area contributed by atoms with Gasteiger partial charge in [0.05, 0.1) is 18.7 Å². The van der Waals surface area contributed by atoms with Gasteiger partial charge >= 0.3 is 17.6 Å². The van der Waals surface area contributed by atoms with Gasteiger partial charge in [0.1, 0.15) is 11.6 Å². The van der Waals surface area contributed by atoms with Gasteiger partial charge in [-0.1, -0.05) is 0 Å². The zero-order valence-corrected chi connectivity index (χ0v) is 15.1. The van der Waals surface area contributed by atoms with Crippen LogP contribution in [0.5, 0.6) is 0 Å². The number of fused-ring (bicyclic) bond motifs is 1. The summed E-state index contributed by atoms with van der Waals surface area (Å²) in [6.45, 7) is 1.25. The van der Waals surface area contributed by atoms with Crippen molar-refractivity contribution in [2.24, 2.45) is 11.5 Å². The van der Waals surface area contributed by atoms with Gasteiger partial charge in [-0.05, 0) is 49.2 Å². The van der Waals surface area contributed by atoms with Crippen molar-refractivity contribution in [2.45, 2.75) is 50.7 Å². The van der Waals surface area contributed by atoms with Crippen molar-refractivity contribution in [1.82, 2.24) is 9.97 Å². The van der Waals surface area contributed by atoms with E-state index < -0.39 is 24.0 Å². The van der Waals surface area contributed by atoms with Crippen molar-refractivity contribution in [3.63, 3.8) is 0 Å². The van der Waals surface area contributed by atoms with Crippen LogP contribution in [0.1, 0.15) is 32.1 Å². The number of carboxylic acids is 2. The highest BCUT2D eigenvalue weighted by molar-refractivity contribution is 5.73. The normalized spacial score (nSPS) is 13.4. The largest absolute Gasteiger partial charge is 0.548 e. The monoisotopic (exact) mass is 378 g/mol. The molecule has 0 unspecified atom stereocenters. The molecule has 0 aliphatic heterocycles. The average molecular weight is 378 g/mol. The summed E-state index contributed by atoms with van der Waals surface area (Å²) in [6, 6.07) is 2.04. The number of imidazole rings is 1. The Labute approximate surface area is 156 Å². The Kier molecular flexibility index (Phi) is 7.50. The molecule has 0 saturated heterocycles. The molecule has 2 aromatic rings. The number of nitrogens with zero attached hydrogens (tertiary/aromatic N) is 2. The number of carbonyl (C=O) groups is 2. The molecular formula is C17H26N6O4. The second kappa shape index (κ2) is 9.83. The Hall–Kier alpha value is -2.72. The van der Waals surface area contributed by atoms with E-state index in [4.69, 9.17) is 16.6 Å². The van der Waals surface area contributed by atoms with Crippen LogP contribution in [0.15, 0.2) is 18.3 Å². The summed E-state index contributed by atoms with van der Waals surface area (Å²) < 4.78 is 1.99. The zero-order chi connectivity index (χ0) is 19.8. The van der Waals surface area contributed by atoms with E-state index in [0.29, 0.717) is 44.7 Å². The fourth-order valence-corrected chi connectivity index (χ4v) is 2.71. The minimum Gasteiger partial charge on any atom is -0.548 e. The number of hydrogen-bond donors (Lipinski definition) is 5. The average Bonchev–Trinajstić information content (AvgIpc) is 3.05. The highest BCUT2D eigenvalue weighted by atomic mass is 16.4. The third kappa shape index (κ3) is 6.19. The van der Waals surface area contributed by atoms with Crippen LogP contribution in [0.25, 0.3) is 11.2 Å². The maximum atomic E-state index is 10.7. The van der Waals surface area contributed by atoms with Gasteiger partial charge in [-0.15, -0.1) is 0 Å². The summed E-state index contributed by atoms with van der Waals surface area (Å²) >= 11 is 0. The number of nitrogens with two attached hydrogens (primary N) is 2. The predicted molar refractivity (Wildman–Crippen MR) is 96.5 cm³/mol. The Bertz CT molecular complexity index is 778. The molecule has 0 bridgehead atoms. The smallest absolute Gasteiger partial charge is 0.351 e. The first-order valence-electron chi connectivity index (χ1n) is 8.95. The molecule has 2 heterocycles. The van der Waals surface area contributed by atoms with Crippen LogP contribution >= 0.6 is 0 Å². The van der Waals surface area contributed by atoms with Crippen LogP contribution in [-0.2, 0) is 16.1 Å². The number of nitrogens with one attached hydrogen (secondary N) is 2. The number of aliphatic carboxylic acids is 2. The van der Waals surface area contributed by atoms with E-state index in [1.54, 1.807) is 0 Å². The predicted octanol–water partition coefficient (Wildman–Crippen LogP) is -1.30. The van der Waals surface area contributed by atoms with Crippen molar-refractivity contribution in [1.29, 1.82) is 0 Å². The number of hydrogen-bond acceptors (Lipinski definition) is 7. The van der Waals surface area contributed by atoms with Crippen LogP contribution in [0, 0.1) is 0 Å². The van der Waals surface area contributed by atoms with Crippen LogP contribution in [0.2, 0.25) is 0 Å². The molecule has 0 aliphatic carbocycles. The maximum Gasteiger partial charge on any atom is 0.351 e. The van der Waals surface area contributed by atoms with Gasteiger partial charge in [0.25, 0.3) is 0 Å². The van der Waals surface area contributed by atoms with Crippen molar-refractivity contribution in [2.75, 3.05) is 11.9 Å². The molecule has 0 fully saturated rings. The summed E-state index contributed by atoms with van der Waals surface area (Å²) in [4.78, 5) is 29.0. The van der Waals surface area contributed by atoms with E-state index in [2.05, 4.69) is 15.3 Å².